The van der Waals surface area contributed by atoms with E-state index in [-0.39, 0.29) is 5.60 Å². The first-order valence-corrected chi connectivity index (χ1v) is 7.34. The van der Waals surface area contributed by atoms with Gasteiger partial charge >= 0.3 is 0 Å². The van der Waals surface area contributed by atoms with Crippen molar-refractivity contribution in [2.24, 2.45) is 0 Å². The van der Waals surface area contributed by atoms with Crippen LogP contribution in [-0.2, 0) is 10.3 Å². The summed E-state index contributed by atoms with van der Waals surface area (Å²) >= 11 is 5.19. The molecule has 0 unspecified atom stereocenters. The zero-order valence-electron chi connectivity index (χ0n) is 11.0. The molecular weight excluding hydrogens is 310 g/mol. The van der Waals surface area contributed by atoms with Gasteiger partial charge in [0.05, 0.1) is 5.69 Å². The number of halogens is 1. The monoisotopic (exact) mass is 325 g/mol. The van der Waals surface area contributed by atoms with E-state index in [0.29, 0.717) is 0 Å². The van der Waals surface area contributed by atoms with E-state index in [0.717, 1.165) is 20.7 Å². The Bertz CT molecular complexity index is 563. The fourth-order valence-electron chi connectivity index (χ4n) is 1.64. The molecule has 1 aromatic heterocycles. The van der Waals surface area contributed by atoms with Crippen LogP contribution in [0.2, 0.25) is 0 Å². The zero-order valence-corrected chi connectivity index (χ0v) is 13.4. The van der Waals surface area contributed by atoms with Crippen LogP contribution in [0.1, 0.15) is 23.7 Å². The summed E-state index contributed by atoms with van der Waals surface area (Å²) in [4.78, 5) is 5.95. The molecule has 0 bridgehead atoms. The minimum atomic E-state index is -0.334. The SMILES string of the molecule is COC(C)(C)c1nc(-c2cccc(Br)c2)c(C)s1. The first kappa shape index (κ1) is 13.7. The summed E-state index contributed by atoms with van der Waals surface area (Å²) in [5, 5.41) is 1.01. The topological polar surface area (TPSA) is 22.1 Å². The van der Waals surface area contributed by atoms with Gasteiger partial charge in [-0.25, -0.2) is 4.98 Å². The molecule has 96 valence electrons. The van der Waals surface area contributed by atoms with Crippen molar-refractivity contribution in [1.29, 1.82) is 0 Å². The largest absolute Gasteiger partial charge is 0.372 e. The highest BCUT2D eigenvalue weighted by Crippen LogP contribution is 2.35. The van der Waals surface area contributed by atoms with E-state index in [1.54, 1.807) is 18.4 Å². The van der Waals surface area contributed by atoms with E-state index >= 15 is 0 Å². The maximum atomic E-state index is 5.49. The molecule has 0 fully saturated rings. The molecular formula is C14H16BrNOS. The number of ether oxygens (including phenoxy) is 1. The molecule has 0 saturated heterocycles. The Labute approximate surface area is 120 Å². The Kier molecular flexibility index (Phi) is 3.90. The summed E-state index contributed by atoms with van der Waals surface area (Å²) in [6.07, 6.45) is 0. The summed E-state index contributed by atoms with van der Waals surface area (Å²) in [7, 11) is 1.72. The second-order valence-electron chi connectivity index (χ2n) is 4.65. The van der Waals surface area contributed by atoms with Gasteiger partial charge in [0.15, 0.2) is 0 Å². The number of nitrogens with zero attached hydrogens (tertiary/aromatic N) is 1. The second kappa shape index (κ2) is 5.11. The molecule has 0 N–H and O–H groups in total. The van der Waals surface area contributed by atoms with Gasteiger partial charge in [0, 0.05) is 22.0 Å². The standard InChI is InChI=1S/C14H16BrNOS/c1-9-12(10-6-5-7-11(15)8-10)16-13(18-9)14(2,3)17-4/h5-8H,1-4H3. The van der Waals surface area contributed by atoms with Crippen LogP contribution in [0.4, 0.5) is 0 Å². The third kappa shape index (κ3) is 2.66. The molecule has 0 atom stereocenters. The van der Waals surface area contributed by atoms with Crippen molar-refractivity contribution in [3.05, 3.63) is 38.6 Å². The molecule has 0 amide bonds. The molecule has 1 heterocycles. The van der Waals surface area contributed by atoms with E-state index < -0.39 is 0 Å². The maximum Gasteiger partial charge on any atom is 0.125 e. The van der Waals surface area contributed by atoms with Gasteiger partial charge in [-0.3, -0.25) is 0 Å². The summed E-state index contributed by atoms with van der Waals surface area (Å²) in [5.41, 5.74) is 1.84. The van der Waals surface area contributed by atoms with Crippen molar-refractivity contribution in [3.63, 3.8) is 0 Å². The van der Waals surface area contributed by atoms with E-state index in [4.69, 9.17) is 9.72 Å². The fraction of sp³-hybridized carbons (Fsp3) is 0.357. The first-order chi connectivity index (χ1) is 8.44. The minimum Gasteiger partial charge on any atom is -0.372 e. The predicted molar refractivity (Wildman–Crippen MR) is 80.0 cm³/mol. The van der Waals surface area contributed by atoms with Crippen LogP contribution in [0.5, 0.6) is 0 Å². The molecule has 1 aromatic carbocycles. The van der Waals surface area contributed by atoms with Crippen LogP contribution in [0.3, 0.4) is 0 Å². The quantitative estimate of drug-likeness (QED) is 0.811. The lowest BCUT2D eigenvalue weighted by Crippen LogP contribution is -2.18. The maximum absolute atomic E-state index is 5.49. The lowest BCUT2D eigenvalue weighted by Gasteiger charge is -2.19. The highest BCUT2D eigenvalue weighted by atomic mass is 79.9. The van der Waals surface area contributed by atoms with E-state index in [1.807, 2.05) is 26.0 Å². The Morgan fingerprint density at radius 2 is 2.06 bits per heavy atom. The Hall–Kier alpha value is -0.710. The Morgan fingerprint density at radius 1 is 1.33 bits per heavy atom. The van der Waals surface area contributed by atoms with Crippen molar-refractivity contribution in [3.8, 4) is 11.3 Å². The van der Waals surface area contributed by atoms with Gasteiger partial charge in [-0.05, 0) is 32.9 Å². The number of aryl methyl sites for hydroxylation is 1. The molecule has 0 saturated carbocycles. The van der Waals surface area contributed by atoms with Gasteiger partial charge in [-0.2, -0.15) is 0 Å². The van der Waals surface area contributed by atoms with Crippen LogP contribution in [0.15, 0.2) is 28.7 Å². The highest BCUT2D eigenvalue weighted by molar-refractivity contribution is 9.10. The van der Waals surface area contributed by atoms with Crippen molar-refractivity contribution in [2.45, 2.75) is 26.4 Å². The normalized spacial score (nSPS) is 11.8. The van der Waals surface area contributed by atoms with Gasteiger partial charge in [-0.15, -0.1) is 11.3 Å². The summed E-state index contributed by atoms with van der Waals surface area (Å²) in [6, 6.07) is 8.21. The van der Waals surface area contributed by atoms with E-state index in [1.165, 1.54) is 4.88 Å². The number of methoxy groups -OCH3 is 1. The highest BCUT2D eigenvalue weighted by Gasteiger charge is 2.25. The fourth-order valence-corrected chi connectivity index (χ4v) is 3.06. The molecule has 0 aliphatic rings. The molecule has 2 nitrogen and oxygen atoms in total. The second-order valence-corrected chi connectivity index (χ2v) is 6.77. The molecule has 0 radical (unpaired) electrons. The smallest absolute Gasteiger partial charge is 0.125 e. The summed E-state index contributed by atoms with van der Waals surface area (Å²) in [5.74, 6) is 0. The lowest BCUT2D eigenvalue weighted by atomic mass is 10.1. The van der Waals surface area contributed by atoms with Crippen molar-refractivity contribution in [2.75, 3.05) is 7.11 Å². The number of aromatic nitrogens is 1. The van der Waals surface area contributed by atoms with Crippen LogP contribution in [-0.4, -0.2) is 12.1 Å². The van der Waals surface area contributed by atoms with Gasteiger partial charge in [0.1, 0.15) is 10.6 Å². The van der Waals surface area contributed by atoms with Gasteiger partial charge in [0.25, 0.3) is 0 Å². The number of hydrogen-bond acceptors (Lipinski definition) is 3. The first-order valence-electron chi connectivity index (χ1n) is 5.73. The van der Waals surface area contributed by atoms with Crippen LogP contribution >= 0.6 is 27.3 Å². The van der Waals surface area contributed by atoms with Crippen LogP contribution in [0.25, 0.3) is 11.3 Å². The molecule has 2 rings (SSSR count). The van der Waals surface area contributed by atoms with Gasteiger partial charge < -0.3 is 4.74 Å². The van der Waals surface area contributed by atoms with Crippen LogP contribution in [0, 0.1) is 6.92 Å². The van der Waals surface area contributed by atoms with Crippen LogP contribution < -0.4 is 0 Å². The minimum absolute atomic E-state index is 0.334. The molecule has 0 aliphatic heterocycles. The molecule has 0 spiro atoms. The average molecular weight is 326 g/mol. The summed E-state index contributed by atoms with van der Waals surface area (Å²) in [6.45, 7) is 6.18. The Morgan fingerprint density at radius 3 is 2.67 bits per heavy atom. The van der Waals surface area contributed by atoms with E-state index in [9.17, 15) is 0 Å². The molecule has 2 aromatic rings. The van der Waals surface area contributed by atoms with Gasteiger partial charge in [-0.1, -0.05) is 28.1 Å². The van der Waals surface area contributed by atoms with Crippen molar-refractivity contribution >= 4 is 27.3 Å². The summed E-state index contributed by atoms with van der Waals surface area (Å²) < 4.78 is 6.56. The number of rotatable bonds is 3. The van der Waals surface area contributed by atoms with Crippen molar-refractivity contribution in [1.82, 2.24) is 4.98 Å². The van der Waals surface area contributed by atoms with Crippen molar-refractivity contribution < 1.29 is 4.74 Å². The molecule has 4 heteroatoms. The number of hydrogen-bond donors (Lipinski definition) is 0. The van der Waals surface area contributed by atoms with E-state index in [2.05, 4.69) is 35.0 Å². The third-order valence-electron chi connectivity index (χ3n) is 2.92. The number of benzene rings is 1. The molecule has 18 heavy (non-hydrogen) atoms. The third-order valence-corrected chi connectivity index (χ3v) is 4.69. The number of thiazole rings is 1. The average Bonchev–Trinajstić information content (AvgIpc) is 2.72. The Balaban J connectivity index is 2.48. The van der Waals surface area contributed by atoms with Gasteiger partial charge in [0.2, 0.25) is 0 Å². The zero-order chi connectivity index (χ0) is 13.3. The lowest BCUT2D eigenvalue weighted by molar-refractivity contribution is 0.0191. The predicted octanol–water partition coefficient (Wildman–Crippen LogP) is 4.76. The molecule has 0 aliphatic carbocycles.